The van der Waals surface area contributed by atoms with Crippen molar-refractivity contribution in [2.24, 2.45) is 0 Å². The Balaban J connectivity index is 2.17. The summed E-state index contributed by atoms with van der Waals surface area (Å²) in [5, 5.41) is 3.10. The van der Waals surface area contributed by atoms with E-state index in [-0.39, 0.29) is 16.8 Å². The molecule has 2 atom stereocenters. The molecule has 0 aromatic heterocycles. The Morgan fingerprint density at radius 1 is 1.18 bits per heavy atom. The summed E-state index contributed by atoms with van der Waals surface area (Å²) < 4.78 is 30.9. The van der Waals surface area contributed by atoms with Crippen molar-refractivity contribution in [1.29, 1.82) is 0 Å². The summed E-state index contributed by atoms with van der Waals surface area (Å²) in [5.74, 6) is 0.132. The van der Waals surface area contributed by atoms with E-state index in [0.29, 0.717) is 18.0 Å². The molecule has 2 aromatic rings. The number of amides is 1. The Kier molecular flexibility index (Phi) is 7.32. The molecule has 0 spiro atoms. The second kappa shape index (κ2) is 9.30. The van der Waals surface area contributed by atoms with Crippen LogP contribution >= 0.6 is 11.6 Å². The van der Waals surface area contributed by atoms with E-state index in [9.17, 15) is 13.2 Å². The van der Waals surface area contributed by atoms with Gasteiger partial charge in [0.2, 0.25) is 15.9 Å². The molecule has 0 bridgehead atoms. The second-order valence-electron chi connectivity index (χ2n) is 6.61. The third-order valence-corrected chi connectivity index (χ3v) is 5.97. The number of carbonyl (C=O) groups is 1. The average Bonchev–Trinajstić information content (AvgIpc) is 2.65. The summed E-state index contributed by atoms with van der Waals surface area (Å²) in [5.41, 5.74) is 1.39. The number of methoxy groups -OCH3 is 1. The van der Waals surface area contributed by atoms with Crippen LogP contribution in [0.3, 0.4) is 0 Å². The smallest absolute Gasteiger partial charge is 0.243 e. The van der Waals surface area contributed by atoms with Gasteiger partial charge in [-0.1, -0.05) is 48.9 Å². The standard InChI is InChI=1S/C20H25ClN2O4S/c1-14(16-8-6-5-7-9-16)13-22-20(24)15(2)23(28(4,25)26)17-10-11-19(27-3)18(21)12-17/h5-12,14-15H,13H2,1-4H3,(H,22,24). The predicted octanol–water partition coefficient (Wildman–Crippen LogP) is 3.42. The Labute approximate surface area is 171 Å². The highest BCUT2D eigenvalue weighted by molar-refractivity contribution is 7.92. The highest BCUT2D eigenvalue weighted by atomic mass is 35.5. The zero-order valence-electron chi connectivity index (χ0n) is 16.3. The first-order valence-corrected chi connectivity index (χ1v) is 11.0. The van der Waals surface area contributed by atoms with Gasteiger partial charge in [0, 0.05) is 6.54 Å². The molecular formula is C20H25ClN2O4S. The average molecular weight is 425 g/mol. The Bertz CT molecular complexity index is 919. The van der Waals surface area contributed by atoms with Crippen LogP contribution in [0, 0.1) is 0 Å². The number of anilines is 1. The number of sulfonamides is 1. The molecule has 0 saturated heterocycles. The summed E-state index contributed by atoms with van der Waals surface area (Å²) in [6, 6.07) is 13.4. The van der Waals surface area contributed by atoms with Gasteiger partial charge in [-0.25, -0.2) is 8.42 Å². The minimum Gasteiger partial charge on any atom is -0.495 e. The van der Waals surface area contributed by atoms with Gasteiger partial charge in [0.1, 0.15) is 11.8 Å². The minimum absolute atomic E-state index is 0.0967. The van der Waals surface area contributed by atoms with E-state index in [1.807, 2.05) is 37.3 Å². The maximum absolute atomic E-state index is 12.7. The number of hydrogen-bond acceptors (Lipinski definition) is 4. The van der Waals surface area contributed by atoms with Crippen LogP contribution in [0.25, 0.3) is 0 Å². The lowest BCUT2D eigenvalue weighted by molar-refractivity contribution is -0.121. The highest BCUT2D eigenvalue weighted by Crippen LogP contribution is 2.31. The topological polar surface area (TPSA) is 75.7 Å². The number of nitrogens with one attached hydrogen (secondary N) is 1. The van der Waals surface area contributed by atoms with E-state index in [1.54, 1.807) is 19.1 Å². The normalized spacial score (nSPS) is 13.5. The van der Waals surface area contributed by atoms with E-state index < -0.39 is 16.1 Å². The first kappa shape index (κ1) is 22.0. The predicted molar refractivity (Wildman–Crippen MR) is 113 cm³/mol. The van der Waals surface area contributed by atoms with Crippen LogP contribution in [-0.4, -0.2) is 40.3 Å². The SMILES string of the molecule is COc1ccc(N(C(C)C(=O)NCC(C)c2ccccc2)S(C)(=O)=O)cc1Cl. The van der Waals surface area contributed by atoms with Gasteiger partial charge in [-0.05, 0) is 36.6 Å². The second-order valence-corrected chi connectivity index (χ2v) is 8.88. The quantitative estimate of drug-likeness (QED) is 0.704. The van der Waals surface area contributed by atoms with Crippen LogP contribution < -0.4 is 14.4 Å². The van der Waals surface area contributed by atoms with Gasteiger partial charge >= 0.3 is 0 Å². The van der Waals surface area contributed by atoms with Crippen molar-refractivity contribution in [3.8, 4) is 5.75 Å². The largest absolute Gasteiger partial charge is 0.495 e. The van der Waals surface area contributed by atoms with Crippen LogP contribution in [0.15, 0.2) is 48.5 Å². The molecule has 0 saturated carbocycles. The van der Waals surface area contributed by atoms with Crippen LogP contribution in [0.1, 0.15) is 25.3 Å². The van der Waals surface area contributed by atoms with Crippen molar-refractivity contribution in [2.45, 2.75) is 25.8 Å². The summed E-state index contributed by atoms with van der Waals surface area (Å²) >= 11 is 6.13. The fraction of sp³-hybridized carbons (Fsp3) is 0.350. The molecule has 2 unspecified atom stereocenters. The van der Waals surface area contributed by atoms with Gasteiger partial charge in [-0.15, -0.1) is 0 Å². The fourth-order valence-electron chi connectivity index (χ4n) is 2.90. The van der Waals surface area contributed by atoms with Crippen molar-refractivity contribution < 1.29 is 17.9 Å². The van der Waals surface area contributed by atoms with Gasteiger partial charge in [0.15, 0.2) is 0 Å². The molecule has 1 amide bonds. The van der Waals surface area contributed by atoms with Gasteiger partial charge in [0.25, 0.3) is 0 Å². The number of ether oxygens (including phenoxy) is 1. The number of nitrogens with zero attached hydrogens (tertiary/aromatic N) is 1. The molecule has 2 rings (SSSR count). The molecule has 0 aliphatic heterocycles. The van der Waals surface area contributed by atoms with E-state index in [0.717, 1.165) is 16.1 Å². The van der Waals surface area contributed by atoms with Crippen LogP contribution in [0.2, 0.25) is 5.02 Å². The lowest BCUT2D eigenvalue weighted by Gasteiger charge is -2.29. The molecule has 0 aliphatic rings. The lowest BCUT2D eigenvalue weighted by atomic mass is 10.0. The Hall–Kier alpha value is -2.25. The molecule has 0 fully saturated rings. The Morgan fingerprint density at radius 3 is 2.36 bits per heavy atom. The number of benzene rings is 2. The van der Waals surface area contributed by atoms with Crippen molar-refractivity contribution in [3.63, 3.8) is 0 Å². The third kappa shape index (κ3) is 5.39. The first-order valence-electron chi connectivity index (χ1n) is 8.80. The zero-order chi connectivity index (χ0) is 20.9. The number of carbonyl (C=O) groups excluding carboxylic acids is 1. The summed E-state index contributed by atoms with van der Waals surface area (Å²) in [4.78, 5) is 12.7. The first-order chi connectivity index (χ1) is 13.1. The lowest BCUT2D eigenvalue weighted by Crippen LogP contribution is -2.48. The van der Waals surface area contributed by atoms with Gasteiger partial charge < -0.3 is 10.1 Å². The molecule has 6 nitrogen and oxygen atoms in total. The van der Waals surface area contributed by atoms with Crippen LogP contribution in [0.5, 0.6) is 5.75 Å². The van der Waals surface area contributed by atoms with Gasteiger partial charge in [0.05, 0.1) is 24.1 Å². The monoisotopic (exact) mass is 424 g/mol. The number of rotatable bonds is 8. The molecule has 152 valence electrons. The molecule has 0 heterocycles. The summed E-state index contributed by atoms with van der Waals surface area (Å²) in [7, 11) is -2.24. The zero-order valence-corrected chi connectivity index (χ0v) is 17.9. The minimum atomic E-state index is -3.72. The molecule has 0 aliphatic carbocycles. The fourth-order valence-corrected chi connectivity index (χ4v) is 4.32. The summed E-state index contributed by atoms with van der Waals surface area (Å²) in [6.07, 6.45) is 1.06. The summed E-state index contributed by atoms with van der Waals surface area (Å²) in [6.45, 7) is 3.94. The van der Waals surface area contributed by atoms with Crippen molar-refractivity contribution in [1.82, 2.24) is 5.32 Å². The van der Waals surface area contributed by atoms with Crippen molar-refractivity contribution in [2.75, 3.05) is 24.2 Å². The Morgan fingerprint density at radius 2 is 1.82 bits per heavy atom. The number of halogens is 1. The van der Waals surface area contributed by atoms with Crippen LogP contribution in [-0.2, 0) is 14.8 Å². The van der Waals surface area contributed by atoms with E-state index >= 15 is 0 Å². The number of hydrogen-bond donors (Lipinski definition) is 1. The van der Waals surface area contributed by atoms with Crippen molar-refractivity contribution in [3.05, 3.63) is 59.1 Å². The van der Waals surface area contributed by atoms with Gasteiger partial charge in [-0.3, -0.25) is 9.10 Å². The molecular weight excluding hydrogens is 400 g/mol. The highest BCUT2D eigenvalue weighted by Gasteiger charge is 2.29. The van der Waals surface area contributed by atoms with E-state index in [2.05, 4.69) is 5.32 Å². The maximum Gasteiger partial charge on any atom is 0.243 e. The van der Waals surface area contributed by atoms with Gasteiger partial charge in [-0.2, -0.15) is 0 Å². The van der Waals surface area contributed by atoms with E-state index in [4.69, 9.17) is 16.3 Å². The van der Waals surface area contributed by atoms with Crippen molar-refractivity contribution >= 4 is 33.2 Å². The molecule has 28 heavy (non-hydrogen) atoms. The maximum atomic E-state index is 12.7. The van der Waals surface area contributed by atoms with Crippen LogP contribution in [0.4, 0.5) is 5.69 Å². The third-order valence-electron chi connectivity index (χ3n) is 4.43. The van der Waals surface area contributed by atoms with E-state index in [1.165, 1.54) is 13.2 Å². The molecule has 8 heteroatoms. The molecule has 1 N–H and O–H groups in total. The molecule has 2 aromatic carbocycles. The molecule has 0 radical (unpaired) electrons.